The molecule has 6 unspecified atom stereocenters. The van der Waals surface area contributed by atoms with E-state index in [0.717, 1.165) is 6.42 Å². The van der Waals surface area contributed by atoms with E-state index in [1.165, 1.54) is 89.9 Å². The summed E-state index contributed by atoms with van der Waals surface area (Å²) in [7, 11) is 0. The molecule has 30 heavy (non-hydrogen) atoms. The lowest BCUT2D eigenvalue weighted by Crippen LogP contribution is -2.24. The van der Waals surface area contributed by atoms with Crippen LogP contribution in [0.3, 0.4) is 0 Å². The minimum absolute atomic E-state index is 0.0656. The Morgan fingerprint density at radius 1 is 0.800 bits per heavy atom. The molecule has 0 amide bonds. The monoisotopic (exact) mass is 422 g/mol. The zero-order valence-corrected chi connectivity index (χ0v) is 19.6. The Kier molecular flexibility index (Phi) is 10.5. The van der Waals surface area contributed by atoms with Crippen molar-refractivity contribution in [3.63, 3.8) is 0 Å². The molecule has 3 rings (SSSR count). The highest BCUT2D eigenvalue weighted by molar-refractivity contribution is 5.70. The normalized spacial score (nSPS) is 32.7. The molecule has 0 radical (unpaired) electrons. The number of rotatable bonds is 16. The van der Waals surface area contributed by atoms with Crippen LogP contribution < -0.4 is 0 Å². The molecule has 4 heteroatoms. The second-order valence-electron chi connectivity index (χ2n) is 10.2. The van der Waals surface area contributed by atoms with Crippen molar-refractivity contribution in [2.24, 2.45) is 11.8 Å². The molecule has 0 aromatic heterocycles. The van der Waals surface area contributed by atoms with E-state index in [-0.39, 0.29) is 18.2 Å². The maximum Gasteiger partial charge on any atom is 0.308 e. The van der Waals surface area contributed by atoms with Gasteiger partial charge in [0.05, 0.1) is 37.4 Å². The number of hydrogen-bond acceptors (Lipinski definition) is 4. The average Bonchev–Trinajstić information content (AvgIpc) is 3.65. The predicted molar refractivity (Wildman–Crippen MR) is 120 cm³/mol. The third-order valence-corrected chi connectivity index (χ3v) is 7.56. The van der Waals surface area contributed by atoms with Crippen LogP contribution in [0.5, 0.6) is 0 Å². The first-order valence-electron chi connectivity index (χ1n) is 13.1. The van der Waals surface area contributed by atoms with Gasteiger partial charge in [-0.2, -0.15) is 0 Å². The van der Waals surface area contributed by atoms with E-state index in [1.54, 1.807) is 0 Å². The Bertz CT molecular complexity index is 493. The number of carbonyl (C=O) groups excluding carboxylic acids is 1. The summed E-state index contributed by atoms with van der Waals surface area (Å²) in [6, 6.07) is 0. The Labute approximate surface area is 184 Å². The van der Waals surface area contributed by atoms with Crippen molar-refractivity contribution in [3.05, 3.63) is 0 Å². The fourth-order valence-corrected chi connectivity index (χ4v) is 5.18. The highest BCUT2D eigenvalue weighted by Gasteiger charge is 2.41. The van der Waals surface area contributed by atoms with Gasteiger partial charge >= 0.3 is 5.97 Å². The molecular formula is C26H46O4. The third-order valence-electron chi connectivity index (χ3n) is 7.56. The topological polar surface area (TPSA) is 51.4 Å². The minimum Gasteiger partial charge on any atom is -0.465 e. The van der Waals surface area contributed by atoms with Gasteiger partial charge in [0.1, 0.15) is 0 Å². The maximum atomic E-state index is 12.1. The minimum atomic E-state index is -0.0656. The van der Waals surface area contributed by atoms with Crippen molar-refractivity contribution in [2.75, 3.05) is 6.61 Å². The first-order valence-corrected chi connectivity index (χ1v) is 13.1. The summed E-state index contributed by atoms with van der Waals surface area (Å²) in [5, 5.41) is 0. The van der Waals surface area contributed by atoms with Gasteiger partial charge in [-0.15, -0.1) is 0 Å². The van der Waals surface area contributed by atoms with Crippen LogP contribution >= 0.6 is 0 Å². The first kappa shape index (κ1) is 24.0. The van der Waals surface area contributed by atoms with Crippen molar-refractivity contribution in [3.8, 4) is 0 Å². The van der Waals surface area contributed by atoms with Gasteiger partial charge in [-0.25, -0.2) is 0 Å². The van der Waals surface area contributed by atoms with Crippen LogP contribution in [0.4, 0.5) is 0 Å². The number of epoxide rings is 2. The van der Waals surface area contributed by atoms with Crippen LogP contribution in [0.1, 0.15) is 117 Å². The van der Waals surface area contributed by atoms with E-state index in [0.29, 0.717) is 37.1 Å². The molecule has 4 nitrogen and oxygen atoms in total. The molecule has 2 heterocycles. The molecule has 2 aliphatic heterocycles. The molecule has 0 bridgehead atoms. The summed E-state index contributed by atoms with van der Waals surface area (Å²) in [5.41, 5.74) is 0. The number of unbranched alkanes of at least 4 members (excludes halogenated alkanes) is 6. The Hall–Kier alpha value is -0.610. The number of ether oxygens (including phenoxy) is 3. The number of hydrogen-bond donors (Lipinski definition) is 0. The van der Waals surface area contributed by atoms with E-state index >= 15 is 0 Å². The molecule has 3 fully saturated rings. The largest absolute Gasteiger partial charge is 0.465 e. The summed E-state index contributed by atoms with van der Waals surface area (Å²) in [6.45, 7) is 5.17. The molecule has 0 aromatic carbocycles. The summed E-state index contributed by atoms with van der Waals surface area (Å²) in [5.74, 6) is 1.19. The standard InChI is InChI=1S/C26H46O4/c1-3-4-5-6-7-8-15-22-23(29-22)16-11-12-17-24-25(30-24)18-26(27)28-19-21-14-10-9-13-20(21)2/h20-25H,3-19H2,1-2H3. The number of esters is 1. The molecule has 0 N–H and O–H groups in total. The van der Waals surface area contributed by atoms with Crippen molar-refractivity contribution in [2.45, 2.75) is 141 Å². The van der Waals surface area contributed by atoms with E-state index in [4.69, 9.17) is 14.2 Å². The zero-order valence-electron chi connectivity index (χ0n) is 19.6. The Balaban J connectivity index is 1.11. The molecule has 0 aromatic rings. The van der Waals surface area contributed by atoms with Gasteiger partial charge in [0.15, 0.2) is 0 Å². The summed E-state index contributed by atoms with van der Waals surface area (Å²) in [4.78, 5) is 12.1. The molecule has 2 saturated heterocycles. The van der Waals surface area contributed by atoms with E-state index in [9.17, 15) is 4.79 Å². The lowest BCUT2D eigenvalue weighted by atomic mass is 9.81. The van der Waals surface area contributed by atoms with Gasteiger partial charge in [0, 0.05) is 0 Å². The van der Waals surface area contributed by atoms with E-state index < -0.39 is 0 Å². The van der Waals surface area contributed by atoms with Crippen LogP contribution in [0.15, 0.2) is 0 Å². The SMILES string of the molecule is CCCCCCCCC1OC1CCCCC1OC1CC(=O)OCC1CCCCC1C. The summed E-state index contributed by atoms with van der Waals surface area (Å²) < 4.78 is 17.1. The third kappa shape index (κ3) is 8.86. The fourth-order valence-electron chi connectivity index (χ4n) is 5.18. The molecular weight excluding hydrogens is 376 g/mol. The van der Waals surface area contributed by atoms with E-state index in [1.807, 2.05) is 0 Å². The highest BCUT2D eigenvalue weighted by Crippen LogP contribution is 2.34. The van der Waals surface area contributed by atoms with E-state index in [2.05, 4.69) is 13.8 Å². The first-order chi connectivity index (χ1) is 14.7. The second kappa shape index (κ2) is 13.1. The second-order valence-corrected chi connectivity index (χ2v) is 10.2. The van der Waals surface area contributed by atoms with Crippen molar-refractivity contribution in [1.82, 2.24) is 0 Å². The Morgan fingerprint density at radius 3 is 2.07 bits per heavy atom. The van der Waals surface area contributed by atoms with Crippen LogP contribution in [-0.4, -0.2) is 37.0 Å². The Morgan fingerprint density at radius 2 is 1.37 bits per heavy atom. The van der Waals surface area contributed by atoms with Gasteiger partial charge in [-0.3, -0.25) is 4.79 Å². The molecule has 6 atom stereocenters. The zero-order chi connectivity index (χ0) is 21.2. The fraction of sp³-hybridized carbons (Fsp3) is 0.962. The molecule has 174 valence electrons. The lowest BCUT2D eigenvalue weighted by molar-refractivity contribution is -0.146. The van der Waals surface area contributed by atoms with Crippen molar-refractivity contribution < 1.29 is 19.0 Å². The van der Waals surface area contributed by atoms with Gasteiger partial charge in [0.2, 0.25) is 0 Å². The van der Waals surface area contributed by atoms with Crippen LogP contribution in [-0.2, 0) is 19.0 Å². The van der Waals surface area contributed by atoms with Crippen LogP contribution in [0.2, 0.25) is 0 Å². The van der Waals surface area contributed by atoms with Gasteiger partial charge < -0.3 is 14.2 Å². The van der Waals surface area contributed by atoms with Gasteiger partial charge in [0.25, 0.3) is 0 Å². The molecule has 3 aliphatic rings. The van der Waals surface area contributed by atoms with Crippen molar-refractivity contribution in [1.29, 1.82) is 0 Å². The van der Waals surface area contributed by atoms with Gasteiger partial charge in [-0.1, -0.05) is 84.5 Å². The maximum absolute atomic E-state index is 12.1. The van der Waals surface area contributed by atoms with Crippen LogP contribution in [0, 0.1) is 11.8 Å². The number of carbonyl (C=O) groups is 1. The molecule has 1 aliphatic carbocycles. The molecule has 1 saturated carbocycles. The smallest absolute Gasteiger partial charge is 0.308 e. The quantitative estimate of drug-likeness (QED) is 0.160. The van der Waals surface area contributed by atoms with Crippen LogP contribution in [0.25, 0.3) is 0 Å². The summed E-state index contributed by atoms with van der Waals surface area (Å²) >= 11 is 0. The lowest BCUT2D eigenvalue weighted by Gasteiger charge is -2.28. The highest BCUT2D eigenvalue weighted by atomic mass is 16.6. The summed E-state index contributed by atoms with van der Waals surface area (Å²) in [6.07, 6.45) is 21.1. The molecule has 0 spiro atoms. The predicted octanol–water partition coefficient (Wildman–Crippen LogP) is 6.59. The van der Waals surface area contributed by atoms with Gasteiger partial charge in [-0.05, 0) is 37.5 Å². The average molecular weight is 423 g/mol. The van der Waals surface area contributed by atoms with Crippen molar-refractivity contribution >= 4 is 5.97 Å².